The third-order valence-electron chi connectivity index (χ3n) is 4.99. The number of amides is 2. The van der Waals surface area contributed by atoms with Crippen LogP contribution >= 0.6 is 0 Å². The standard InChI is InChI=1S/C26H21NO6/c1-3-32-22-13-11-17(15-23(22)31-2)12-14-24(28)33-19-8-6-7-18(16-19)27-25(29)20-9-4-5-10-21(20)26(27)30/h4-16H,3H2,1-2H3/b14-12+. The van der Waals surface area contributed by atoms with Crippen LogP contribution in [0.4, 0.5) is 5.69 Å². The number of rotatable bonds is 7. The molecule has 0 bridgehead atoms. The molecule has 3 aromatic carbocycles. The lowest BCUT2D eigenvalue weighted by atomic mass is 10.1. The van der Waals surface area contributed by atoms with Crippen LogP contribution in [0.25, 0.3) is 6.08 Å². The van der Waals surface area contributed by atoms with Crippen LogP contribution in [0.1, 0.15) is 33.2 Å². The van der Waals surface area contributed by atoms with Gasteiger partial charge in [-0.3, -0.25) is 9.59 Å². The Bertz CT molecular complexity index is 1230. The van der Waals surface area contributed by atoms with Crippen molar-refractivity contribution in [3.63, 3.8) is 0 Å². The molecule has 7 heteroatoms. The highest BCUT2D eigenvalue weighted by molar-refractivity contribution is 6.34. The summed E-state index contributed by atoms with van der Waals surface area (Å²) >= 11 is 0. The molecule has 2 amide bonds. The van der Waals surface area contributed by atoms with Crippen LogP contribution in [-0.4, -0.2) is 31.5 Å². The van der Waals surface area contributed by atoms with Gasteiger partial charge in [-0.15, -0.1) is 0 Å². The summed E-state index contributed by atoms with van der Waals surface area (Å²) in [4.78, 5) is 38.8. The molecule has 0 saturated heterocycles. The molecule has 1 aliphatic rings. The fourth-order valence-corrected chi connectivity index (χ4v) is 3.49. The maximum atomic E-state index is 12.7. The topological polar surface area (TPSA) is 82.1 Å². The van der Waals surface area contributed by atoms with Crippen LogP contribution in [0.3, 0.4) is 0 Å². The molecule has 0 radical (unpaired) electrons. The fraction of sp³-hybridized carbons (Fsp3) is 0.115. The molecule has 1 aliphatic heterocycles. The number of anilines is 1. The summed E-state index contributed by atoms with van der Waals surface area (Å²) in [6.07, 6.45) is 2.87. The number of nitrogens with zero attached hydrogens (tertiary/aromatic N) is 1. The van der Waals surface area contributed by atoms with E-state index in [2.05, 4.69) is 0 Å². The zero-order valence-corrected chi connectivity index (χ0v) is 18.1. The second-order valence-corrected chi connectivity index (χ2v) is 7.09. The van der Waals surface area contributed by atoms with E-state index in [0.717, 1.165) is 10.5 Å². The second kappa shape index (κ2) is 9.40. The van der Waals surface area contributed by atoms with E-state index in [-0.39, 0.29) is 5.75 Å². The molecule has 0 fully saturated rings. The van der Waals surface area contributed by atoms with E-state index in [9.17, 15) is 14.4 Å². The Hall–Kier alpha value is -4.39. The van der Waals surface area contributed by atoms with Gasteiger partial charge in [0.25, 0.3) is 11.8 Å². The predicted octanol–water partition coefficient (Wildman–Crippen LogP) is 4.51. The molecule has 1 heterocycles. The van der Waals surface area contributed by atoms with E-state index >= 15 is 0 Å². The van der Waals surface area contributed by atoms with Crippen molar-refractivity contribution in [2.45, 2.75) is 6.92 Å². The average molecular weight is 443 g/mol. The normalized spacial score (nSPS) is 12.7. The van der Waals surface area contributed by atoms with Gasteiger partial charge in [-0.2, -0.15) is 0 Å². The van der Waals surface area contributed by atoms with E-state index in [1.807, 2.05) is 6.92 Å². The van der Waals surface area contributed by atoms with Crippen molar-refractivity contribution in [3.05, 3.63) is 89.5 Å². The maximum Gasteiger partial charge on any atom is 0.336 e. The van der Waals surface area contributed by atoms with Crippen LogP contribution in [0.5, 0.6) is 17.2 Å². The molecule has 0 saturated carbocycles. The van der Waals surface area contributed by atoms with Crippen molar-refractivity contribution in [1.82, 2.24) is 0 Å². The summed E-state index contributed by atoms with van der Waals surface area (Å²) in [5.74, 6) is -0.0529. The molecule has 0 N–H and O–H groups in total. The number of fused-ring (bicyclic) bond motifs is 1. The first kappa shape index (κ1) is 21.8. The Balaban J connectivity index is 1.48. The molecule has 3 aromatic rings. The van der Waals surface area contributed by atoms with E-state index in [1.54, 1.807) is 73.8 Å². The van der Waals surface area contributed by atoms with E-state index in [0.29, 0.717) is 34.9 Å². The summed E-state index contributed by atoms with van der Waals surface area (Å²) < 4.78 is 16.2. The Kier molecular flexibility index (Phi) is 6.22. The SMILES string of the molecule is CCOc1ccc(/C=C/C(=O)Oc2cccc(N3C(=O)c4ccccc4C3=O)c2)cc1OC. The number of benzene rings is 3. The van der Waals surface area contributed by atoms with Gasteiger partial charge in [0.1, 0.15) is 5.75 Å². The van der Waals surface area contributed by atoms with Gasteiger partial charge in [-0.25, -0.2) is 9.69 Å². The number of methoxy groups -OCH3 is 1. The Morgan fingerprint density at radius 1 is 0.909 bits per heavy atom. The molecular weight excluding hydrogens is 422 g/mol. The molecule has 4 rings (SSSR count). The predicted molar refractivity (Wildman–Crippen MR) is 123 cm³/mol. The molecule has 0 spiro atoms. The van der Waals surface area contributed by atoms with Gasteiger partial charge in [0.2, 0.25) is 0 Å². The van der Waals surface area contributed by atoms with E-state index < -0.39 is 17.8 Å². The van der Waals surface area contributed by atoms with Gasteiger partial charge in [-0.05, 0) is 55.0 Å². The number of hydrogen-bond donors (Lipinski definition) is 0. The number of hydrogen-bond acceptors (Lipinski definition) is 6. The van der Waals surface area contributed by atoms with Crippen LogP contribution in [-0.2, 0) is 4.79 Å². The van der Waals surface area contributed by atoms with Gasteiger partial charge in [0.05, 0.1) is 30.5 Å². The molecular formula is C26H21NO6. The van der Waals surface area contributed by atoms with E-state index in [4.69, 9.17) is 14.2 Å². The summed E-state index contributed by atoms with van der Waals surface area (Å²) in [6, 6.07) is 18.2. The van der Waals surface area contributed by atoms with Crippen LogP contribution in [0.15, 0.2) is 72.8 Å². The van der Waals surface area contributed by atoms with Gasteiger partial charge < -0.3 is 14.2 Å². The second-order valence-electron chi connectivity index (χ2n) is 7.09. The first-order valence-electron chi connectivity index (χ1n) is 10.3. The zero-order chi connectivity index (χ0) is 23.4. The highest BCUT2D eigenvalue weighted by Crippen LogP contribution is 2.31. The van der Waals surface area contributed by atoms with Crippen molar-refractivity contribution in [1.29, 1.82) is 0 Å². The zero-order valence-electron chi connectivity index (χ0n) is 18.1. The molecule has 7 nitrogen and oxygen atoms in total. The lowest BCUT2D eigenvalue weighted by Gasteiger charge is -2.14. The van der Waals surface area contributed by atoms with Crippen LogP contribution in [0.2, 0.25) is 0 Å². The Labute approximate surface area is 190 Å². The molecule has 0 unspecified atom stereocenters. The lowest BCUT2D eigenvalue weighted by Crippen LogP contribution is -2.29. The monoisotopic (exact) mass is 443 g/mol. The largest absolute Gasteiger partial charge is 0.493 e. The van der Waals surface area contributed by atoms with Crippen LogP contribution in [0, 0.1) is 0 Å². The number of esters is 1. The first-order chi connectivity index (χ1) is 16.0. The van der Waals surface area contributed by atoms with Gasteiger partial charge in [0.15, 0.2) is 11.5 Å². The highest BCUT2D eigenvalue weighted by atomic mass is 16.5. The number of carbonyl (C=O) groups excluding carboxylic acids is 3. The smallest absolute Gasteiger partial charge is 0.336 e. The summed E-state index contributed by atoms with van der Waals surface area (Å²) in [5.41, 5.74) is 1.75. The molecule has 0 atom stereocenters. The highest BCUT2D eigenvalue weighted by Gasteiger charge is 2.36. The minimum Gasteiger partial charge on any atom is -0.493 e. The maximum absolute atomic E-state index is 12.7. The third kappa shape index (κ3) is 4.48. The van der Waals surface area contributed by atoms with Gasteiger partial charge >= 0.3 is 5.97 Å². The molecule has 33 heavy (non-hydrogen) atoms. The summed E-state index contributed by atoms with van der Waals surface area (Å²) in [5, 5.41) is 0. The quantitative estimate of drug-likeness (QED) is 0.231. The summed E-state index contributed by atoms with van der Waals surface area (Å²) in [7, 11) is 1.54. The molecule has 0 aromatic heterocycles. The average Bonchev–Trinajstić information content (AvgIpc) is 3.09. The molecule has 0 aliphatic carbocycles. The minimum absolute atomic E-state index is 0.211. The van der Waals surface area contributed by atoms with E-state index in [1.165, 1.54) is 12.1 Å². The van der Waals surface area contributed by atoms with Crippen molar-refractivity contribution < 1.29 is 28.6 Å². The number of ether oxygens (including phenoxy) is 3. The minimum atomic E-state index is -0.609. The number of carbonyl (C=O) groups is 3. The van der Waals surface area contributed by atoms with Crippen molar-refractivity contribution in [2.24, 2.45) is 0 Å². The number of imide groups is 1. The summed E-state index contributed by atoms with van der Waals surface area (Å²) in [6.45, 7) is 2.39. The third-order valence-corrected chi connectivity index (χ3v) is 4.99. The Morgan fingerprint density at radius 2 is 1.64 bits per heavy atom. The molecule has 166 valence electrons. The van der Waals surface area contributed by atoms with Crippen molar-refractivity contribution in [3.8, 4) is 17.2 Å². The van der Waals surface area contributed by atoms with Crippen molar-refractivity contribution in [2.75, 3.05) is 18.6 Å². The lowest BCUT2D eigenvalue weighted by molar-refractivity contribution is -0.128. The Morgan fingerprint density at radius 3 is 2.30 bits per heavy atom. The van der Waals surface area contributed by atoms with Gasteiger partial charge in [-0.1, -0.05) is 24.3 Å². The van der Waals surface area contributed by atoms with Gasteiger partial charge in [0, 0.05) is 12.1 Å². The van der Waals surface area contributed by atoms with Crippen molar-refractivity contribution >= 4 is 29.5 Å². The fourth-order valence-electron chi connectivity index (χ4n) is 3.49. The van der Waals surface area contributed by atoms with Crippen LogP contribution < -0.4 is 19.1 Å². The first-order valence-corrected chi connectivity index (χ1v) is 10.3.